The fourth-order valence-corrected chi connectivity index (χ4v) is 6.25. The zero-order valence-corrected chi connectivity index (χ0v) is 23.8. The molecule has 0 spiro atoms. The van der Waals surface area contributed by atoms with Crippen LogP contribution in [0, 0.1) is 5.82 Å². The van der Waals surface area contributed by atoms with Crippen LogP contribution in [-0.2, 0) is 34.0 Å². The van der Waals surface area contributed by atoms with E-state index in [-0.39, 0.29) is 17.8 Å². The lowest BCUT2D eigenvalue weighted by Crippen LogP contribution is -2.38. The Balaban J connectivity index is 1.60. The van der Waals surface area contributed by atoms with E-state index < -0.39 is 38.9 Å². The molecule has 10 nitrogen and oxygen atoms in total. The Morgan fingerprint density at radius 1 is 1.15 bits per heavy atom. The van der Waals surface area contributed by atoms with Crippen molar-refractivity contribution in [2.24, 2.45) is 0 Å². The van der Waals surface area contributed by atoms with E-state index in [1.165, 1.54) is 36.5 Å². The van der Waals surface area contributed by atoms with E-state index in [1.807, 2.05) is 9.95 Å². The van der Waals surface area contributed by atoms with E-state index in [0.29, 0.717) is 30.7 Å². The second-order valence-electron chi connectivity index (χ2n) is 9.23. The average Bonchev–Trinajstić information content (AvgIpc) is 3.66. The Kier molecular flexibility index (Phi) is 9.84. The number of ether oxygens (including phenoxy) is 1. The van der Waals surface area contributed by atoms with E-state index >= 15 is 0 Å². The van der Waals surface area contributed by atoms with Crippen LogP contribution in [0.2, 0.25) is 0 Å². The number of thiazole rings is 1. The van der Waals surface area contributed by atoms with Crippen molar-refractivity contribution in [2.45, 2.75) is 44.1 Å². The predicted octanol–water partition coefficient (Wildman–Crippen LogP) is 4.05. The van der Waals surface area contributed by atoms with Gasteiger partial charge in [-0.1, -0.05) is 25.1 Å². The second kappa shape index (κ2) is 13.5. The molecule has 0 aliphatic heterocycles. The molecule has 0 bridgehead atoms. The number of rotatable bonds is 14. The van der Waals surface area contributed by atoms with Gasteiger partial charge < -0.3 is 19.7 Å². The molecule has 41 heavy (non-hydrogen) atoms. The summed E-state index contributed by atoms with van der Waals surface area (Å²) in [5.41, 5.74) is 1.66. The zero-order valence-electron chi connectivity index (χ0n) is 22.1. The largest absolute Gasteiger partial charge is 0.481 e. The third kappa shape index (κ3) is 7.98. The molecule has 216 valence electrons. The van der Waals surface area contributed by atoms with Gasteiger partial charge in [0.2, 0.25) is 0 Å². The van der Waals surface area contributed by atoms with E-state index in [4.69, 9.17) is 4.74 Å². The first-order valence-corrected chi connectivity index (χ1v) is 15.4. The zero-order chi connectivity index (χ0) is 29.4. The molecule has 0 radical (unpaired) electrons. The number of carboxylic acids is 1. The van der Waals surface area contributed by atoms with Crippen molar-refractivity contribution < 1.29 is 32.2 Å². The third-order valence-electron chi connectivity index (χ3n) is 6.38. The van der Waals surface area contributed by atoms with Crippen LogP contribution in [0.3, 0.4) is 0 Å². The number of sulfone groups is 1. The van der Waals surface area contributed by atoms with E-state index in [1.54, 1.807) is 49.2 Å². The van der Waals surface area contributed by atoms with Gasteiger partial charge in [-0.2, -0.15) is 0 Å². The van der Waals surface area contributed by atoms with Crippen LogP contribution in [0.1, 0.15) is 45.9 Å². The van der Waals surface area contributed by atoms with Crippen LogP contribution < -0.4 is 10.1 Å². The molecule has 0 fully saturated rings. The third-order valence-corrected chi connectivity index (χ3v) is 9.19. The molecule has 2 N–H and O–H groups in total. The lowest BCUT2D eigenvalue weighted by molar-refractivity contribution is -0.136. The summed E-state index contributed by atoms with van der Waals surface area (Å²) in [7, 11) is -4.15. The fraction of sp³-hybridized carbons (Fsp3) is 0.286. The number of carboxylic acid groups (broad SMARTS) is 1. The summed E-state index contributed by atoms with van der Waals surface area (Å²) < 4.78 is 46.6. The van der Waals surface area contributed by atoms with Crippen molar-refractivity contribution in [3.63, 3.8) is 0 Å². The topological polar surface area (TPSA) is 140 Å². The Morgan fingerprint density at radius 3 is 2.56 bits per heavy atom. The van der Waals surface area contributed by atoms with Crippen LogP contribution in [-0.4, -0.2) is 51.1 Å². The molecule has 2 aromatic carbocycles. The number of nitrogens with zero attached hydrogens (tertiary/aromatic N) is 3. The number of halogens is 1. The summed E-state index contributed by atoms with van der Waals surface area (Å²) >= 11 is 1.42. The van der Waals surface area contributed by atoms with Gasteiger partial charge in [-0.15, -0.1) is 11.3 Å². The number of nitrogens with one attached hydrogen (secondary N) is 1. The summed E-state index contributed by atoms with van der Waals surface area (Å²) in [6.45, 7) is 1.86. The highest BCUT2D eigenvalue weighted by atomic mass is 32.2. The van der Waals surface area contributed by atoms with E-state index in [2.05, 4.69) is 15.3 Å². The van der Waals surface area contributed by atoms with Crippen LogP contribution in [0.4, 0.5) is 4.39 Å². The second-order valence-corrected chi connectivity index (χ2v) is 12.3. The van der Waals surface area contributed by atoms with Crippen LogP contribution in [0.5, 0.6) is 5.75 Å². The Morgan fingerprint density at radius 2 is 1.93 bits per heavy atom. The molecule has 4 rings (SSSR count). The number of amides is 1. The first kappa shape index (κ1) is 29.9. The maximum Gasteiger partial charge on any atom is 0.321 e. The molecule has 4 aromatic rings. The normalized spacial score (nSPS) is 12.9. The quantitative estimate of drug-likeness (QED) is 0.221. The van der Waals surface area contributed by atoms with Gasteiger partial charge in [0.05, 0.1) is 12.9 Å². The smallest absolute Gasteiger partial charge is 0.321 e. The minimum absolute atomic E-state index is 0.130. The van der Waals surface area contributed by atoms with Crippen molar-refractivity contribution in [1.29, 1.82) is 0 Å². The molecular formula is C28H29FN4O6S2. The molecule has 13 heteroatoms. The summed E-state index contributed by atoms with van der Waals surface area (Å²) in [4.78, 5) is 33.2. The molecule has 0 saturated carbocycles. The van der Waals surface area contributed by atoms with Crippen molar-refractivity contribution in [3.8, 4) is 5.75 Å². The van der Waals surface area contributed by atoms with Gasteiger partial charge in [-0.25, -0.2) is 22.8 Å². The highest BCUT2D eigenvalue weighted by Gasteiger charge is 2.31. The first-order chi connectivity index (χ1) is 19.7. The summed E-state index contributed by atoms with van der Waals surface area (Å²) in [5.74, 6) is -2.98. The SMILES string of the molecule is CC[C@@H](C(=O)O)S(=O)(=O)CNC(=O)c1cc(OC(Cn2ccnc2)c2nccs2)ccc1CCc1ccc(F)cc1. The average molecular weight is 601 g/mol. The Bertz CT molecular complexity index is 1560. The molecule has 0 aliphatic carbocycles. The Labute approximate surface area is 240 Å². The van der Waals surface area contributed by atoms with Crippen molar-refractivity contribution >= 4 is 33.1 Å². The number of carbonyl (C=O) groups excluding carboxylic acids is 1. The lowest BCUT2D eigenvalue weighted by atomic mass is 9.99. The number of imidazole rings is 1. The minimum Gasteiger partial charge on any atom is -0.481 e. The monoisotopic (exact) mass is 600 g/mol. The van der Waals surface area contributed by atoms with Gasteiger partial charge in [0.25, 0.3) is 5.91 Å². The summed E-state index contributed by atoms with van der Waals surface area (Å²) in [6.07, 6.45) is 7.05. The van der Waals surface area contributed by atoms with Crippen LogP contribution in [0.25, 0.3) is 0 Å². The molecule has 2 heterocycles. The van der Waals surface area contributed by atoms with Gasteiger partial charge in [0.1, 0.15) is 22.5 Å². The molecule has 2 aromatic heterocycles. The molecule has 2 atom stereocenters. The number of aryl methyl sites for hydroxylation is 2. The van der Waals surface area contributed by atoms with E-state index in [0.717, 1.165) is 10.6 Å². The van der Waals surface area contributed by atoms with Crippen molar-refractivity contribution in [2.75, 3.05) is 5.88 Å². The van der Waals surface area contributed by atoms with Gasteiger partial charge in [-0.05, 0) is 54.7 Å². The number of hydrogen-bond donors (Lipinski definition) is 2. The summed E-state index contributed by atoms with van der Waals surface area (Å²) in [5, 5.41) is 12.6. The van der Waals surface area contributed by atoms with Gasteiger partial charge in [0, 0.05) is 29.5 Å². The maximum atomic E-state index is 13.3. The highest BCUT2D eigenvalue weighted by Crippen LogP contribution is 2.28. The Hall–Kier alpha value is -4.10. The number of hydrogen-bond acceptors (Lipinski definition) is 8. The van der Waals surface area contributed by atoms with Gasteiger partial charge >= 0.3 is 5.97 Å². The lowest BCUT2D eigenvalue weighted by Gasteiger charge is -2.19. The van der Waals surface area contributed by atoms with Gasteiger partial charge in [-0.3, -0.25) is 9.59 Å². The fourth-order valence-electron chi connectivity index (χ4n) is 4.24. The maximum absolute atomic E-state index is 13.3. The molecule has 1 unspecified atom stereocenters. The highest BCUT2D eigenvalue weighted by molar-refractivity contribution is 7.92. The summed E-state index contributed by atoms with van der Waals surface area (Å²) in [6, 6.07) is 11.0. The van der Waals surface area contributed by atoms with E-state index in [9.17, 15) is 27.5 Å². The van der Waals surface area contributed by atoms with Crippen LogP contribution >= 0.6 is 11.3 Å². The number of aliphatic carboxylic acids is 1. The number of carbonyl (C=O) groups is 2. The minimum atomic E-state index is -4.15. The number of benzene rings is 2. The van der Waals surface area contributed by atoms with Gasteiger partial charge in [0.15, 0.2) is 21.2 Å². The molecule has 0 saturated heterocycles. The molecule has 1 amide bonds. The van der Waals surface area contributed by atoms with Crippen LogP contribution in [0.15, 0.2) is 72.8 Å². The molecular weight excluding hydrogens is 571 g/mol. The first-order valence-electron chi connectivity index (χ1n) is 12.8. The predicted molar refractivity (Wildman–Crippen MR) is 151 cm³/mol. The number of aromatic nitrogens is 3. The van der Waals surface area contributed by atoms with Crippen molar-refractivity contribution in [1.82, 2.24) is 19.9 Å². The standard InChI is InChI=1S/C28H29FN4O6S2/c1-2-25(28(35)36)41(37,38)18-32-26(34)23-15-22(10-7-20(23)6-3-19-4-8-21(29)9-5-19)39-24(27-31-12-14-40-27)16-33-13-11-30-17-33/h4-5,7-15,17,24-25H,2-3,6,16,18H2,1H3,(H,32,34)(H,35,36)/t24?,25-/m0/s1. The van der Waals surface area contributed by atoms with Crippen molar-refractivity contribution in [3.05, 3.63) is 100 Å². The molecule has 0 aliphatic rings.